The molecule has 2 nitrogen and oxygen atoms in total. The molecule has 0 radical (unpaired) electrons. The van der Waals surface area contributed by atoms with E-state index in [9.17, 15) is 0 Å². The highest BCUT2D eigenvalue weighted by Gasteiger charge is 2.14. The normalized spacial score (nSPS) is 13.0. The SMILES string of the molecule is c1ccc(Oc2cccc3c2CCN3)cc1. The molecule has 0 amide bonds. The van der Waals surface area contributed by atoms with Gasteiger partial charge < -0.3 is 10.1 Å². The first-order valence-corrected chi connectivity index (χ1v) is 5.52. The van der Waals surface area contributed by atoms with Crippen LogP contribution in [0.2, 0.25) is 0 Å². The van der Waals surface area contributed by atoms with Gasteiger partial charge in [-0.15, -0.1) is 0 Å². The van der Waals surface area contributed by atoms with Crippen molar-refractivity contribution < 1.29 is 4.74 Å². The number of nitrogens with one attached hydrogen (secondary N) is 1. The lowest BCUT2D eigenvalue weighted by Crippen LogP contribution is -1.90. The Morgan fingerprint density at radius 1 is 0.938 bits per heavy atom. The molecule has 0 atom stereocenters. The third-order valence-electron chi connectivity index (χ3n) is 2.79. The Labute approximate surface area is 94.9 Å². The van der Waals surface area contributed by atoms with Crippen molar-refractivity contribution in [2.75, 3.05) is 11.9 Å². The average molecular weight is 211 g/mol. The molecule has 2 aromatic rings. The summed E-state index contributed by atoms with van der Waals surface area (Å²) in [4.78, 5) is 0. The van der Waals surface area contributed by atoms with Crippen LogP contribution in [0.4, 0.5) is 5.69 Å². The van der Waals surface area contributed by atoms with Gasteiger partial charge in [0.05, 0.1) is 0 Å². The maximum atomic E-state index is 5.88. The zero-order valence-corrected chi connectivity index (χ0v) is 8.94. The first kappa shape index (κ1) is 9.28. The minimum atomic E-state index is 0.891. The van der Waals surface area contributed by atoms with Crippen molar-refractivity contribution in [2.45, 2.75) is 6.42 Å². The third kappa shape index (κ3) is 1.63. The Balaban J connectivity index is 1.94. The number of para-hydroxylation sites is 1. The van der Waals surface area contributed by atoms with Crippen LogP contribution in [0.15, 0.2) is 48.5 Å². The van der Waals surface area contributed by atoms with Gasteiger partial charge in [0.2, 0.25) is 0 Å². The van der Waals surface area contributed by atoms with Crippen molar-refractivity contribution in [1.29, 1.82) is 0 Å². The molecule has 80 valence electrons. The molecule has 0 saturated heterocycles. The van der Waals surface area contributed by atoms with Gasteiger partial charge >= 0.3 is 0 Å². The maximum absolute atomic E-state index is 5.88. The van der Waals surface area contributed by atoms with Crippen molar-refractivity contribution in [3.63, 3.8) is 0 Å². The summed E-state index contributed by atoms with van der Waals surface area (Å²) in [5, 5.41) is 3.35. The standard InChI is InChI=1S/C14H13NO/c1-2-5-11(6-3-1)16-14-8-4-7-13-12(14)9-10-15-13/h1-8,15H,9-10H2. The van der Waals surface area contributed by atoms with Crippen LogP contribution in [0.5, 0.6) is 11.5 Å². The Bertz CT molecular complexity index is 493. The van der Waals surface area contributed by atoms with E-state index >= 15 is 0 Å². The van der Waals surface area contributed by atoms with Crippen molar-refractivity contribution in [1.82, 2.24) is 0 Å². The van der Waals surface area contributed by atoms with Gasteiger partial charge in [0.15, 0.2) is 0 Å². The first-order valence-electron chi connectivity index (χ1n) is 5.52. The fourth-order valence-corrected chi connectivity index (χ4v) is 2.02. The molecule has 1 heterocycles. The monoisotopic (exact) mass is 211 g/mol. The zero-order valence-electron chi connectivity index (χ0n) is 8.94. The van der Waals surface area contributed by atoms with E-state index in [1.807, 2.05) is 42.5 Å². The van der Waals surface area contributed by atoms with Gasteiger partial charge in [-0.2, -0.15) is 0 Å². The smallest absolute Gasteiger partial charge is 0.132 e. The lowest BCUT2D eigenvalue weighted by Gasteiger charge is -2.09. The van der Waals surface area contributed by atoms with Crippen LogP contribution in [0, 0.1) is 0 Å². The number of benzene rings is 2. The van der Waals surface area contributed by atoms with Gasteiger partial charge in [-0.1, -0.05) is 24.3 Å². The second kappa shape index (κ2) is 3.89. The van der Waals surface area contributed by atoms with Crippen LogP contribution >= 0.6 is 0 Å². The minimum absolute atomic E-state index is 0.891. The second-order valence-corrected chi connectivity index (χ2v) is 3.87. The number of hydrogen-bond acceptors (Lipinski definition) is 2. The molecule has 0 saturated carbocycles. The molecule has 0 aromatic heterocycles. The largest absolute Gasteiger partial charge is 0.457 e. The quantitative estimate of drug-likeness (QED) is 0.821. The summed E-state index contributed by atoms with van der Waals surface area (Å²) < 4.78 is 5.88. The number of ether oxygens (including phenoxy) is 1. The molecule has 0 fully saturated rings. The molecule has 3 rings (SSSR count). The number of rotatable bonds is 2. The molecule has 1 N–H and O–H groups in total. The fraction of sp³-hybridized carbons (Fsp3) is 0.143. The second-order valence-electron chi connectivity index (χ2n) is 3.87. The van der Waals surface area contributed by atoms with E-state index in [-0.39, 0.29) is 0 Å². The molecule has 1 aliphatic rings. The van der Waals surface area contributed by atoms with Crippen LogP contribution in [-0.2, 0) is 6.42 Å². The molecule has 2 aromatic carbocycles. The molecule has 1 aliphatic heterocycles. The van der Waals surface area contributed by atoms with E-state index in [0.717, 1.165) is 24.5 Å². The summed E-state index contributed by atoms with van der Waals surface area (Å²) in [6.45, 7) is 1.00. The number of fused-ring (bicyclic) bond motifs is 1. The highest BCUT2D eigenvalue weighted by Crippen LogP contribution is 2.33. The van der Waals surface area contributed by atoms with E-state index < -0.39 is 0 Å². The van der Waals surface area contributed by atoms with E-state index in [2.05, 4.69) is 11.4 Å². The van der Waals surface area contributed by atoms with Crippen molar-refractivity contribution in [3.05, 3.63) is 54.1 Å². The van der Waals surface area contributed by atoms with E-state index in [0.29, 0.717) is 0 Å². The topological polar surface area (TPSA) is 21.3 Å². The van der Waals surface area contributed by atoms with Crippen molar-refractivity contribution >= 4 is 5.69 Å². The van der Waals surface area contributed by atoms with Crippen LogP contribution in [-0.4, -0.2) is 6.54 Å². The van der Waals surface area contributed by atoms with E-state index in [4.69, 9.17) is 4.74 Å². The average Bonchev–Trinajstić information content (AvgIpc) is 2.80. The number of anilines is 1. The molecule has 2 heteroatoms. The van der Waals surface area contributed by atoms with Crippen LogP contribution < -0.4 is 10.1 Å². The predicted molar refractivity (Wildman–Crippen MR) is 65.2 cm³/mol. The Kier molecular flexibility index (Phi) is 2.26. The van der Waals surface area contributed by atoms with Gasteiger partial charge in [0.1, 0.15) is 11.5 Å². The van der Waals surface area contributed by atoms with Crippen molar-refractivity contribution in [3.8, 4) is 11.5 Å². The third-order valence-corrected chi connectivity index (χ3v) is 2.79. The highest BCUT2D eigenvalue weighted by atomic mass is 16.5. The fourth-order valence-electron chi connectivity index (χ4n) is 2.02. The summed E-state index contributed by atoms with van der Waals surface area (Å²) >= 11 is 0. The van der Waals surface area contributed by atoms with Gasteiger partial charge in [0, 0.05) is 17.8 Å². The Morgan fingerprint density at radius 3 is 2.69 bits per heavy atom. The lowest BCUT2D eigenvalue weighted by molar-refractivity contribution is 0.478. The van der Waals surface area contributed by atoms with Crippen molar-refractivity contribution in [2.24, 2.45) is 0 Å². The Hall–Kier alpha value is -1.96. The van der Waals surface area contributed by atoms with E-state index in [1.54, 1.807) is 0 Å². The van der Waals surface area contributed by atoms with Gasteiger partial charge in [0.25, 0.3) is 0 Å². The lowest BCUT2D eigenvalue weighted by atomic mass is 10.1. The van der Waals surface area contributed by atoms with E-state index in [1.165, 1.54) is 11.3 Å². The Morgan fingerprint density at radius 2 is 1.81 bits per heavy atom. The summed E-state index contributed by atoms with van der Waals surface area (Å²) in [6, 6.07) is 16.1. The molecule has 0 spiro atoms. The summed E-state index contributed by atoms with van der Waals surface area (Å²) in [6.07, 6.45) is 1.04. The maximum Gasteiger partial charge on any atom is 0.132 e. The zero-order chi connectivity index (χ0) is 10.8. The van der Waals surface area contributed by atoms with Crippen LogP contribution in [0.3, 0.4) is 0 Å². The van der Waals surface area contributed by atoms with Crippen LogP contribution in [0.1, 0.15) is 5.56 Å². The molecule has 0 unspecified atom stereocenters. The summed E-state index contributed by atoms with van der Waals surface area (Å²) in [5.41, 5.74) is 2.49. The minimum Gasteiger partial charge on any atom is -0.457 e. The molecule has 0 bridgehead atoms. The van der Waals surface area contributed by atoms with Gasteiger partial charge in [-0.25, -0.2) is 0 Å². The molecule has 0 aliphatic carbocycles. The first-order chi connectivity index (χ1) is 7.93. The number of hydrogen-bond donors (Lipinski definition) is 1. The van der Waals surface area contributed by atoms with Gasteiger partial charge in [-0.3, -0.25) is 0 Å². The summed E-state index contributed by atoms with van der Waals surface area (Å²) in [5.74, 6) is 1.86. The predicted octanol–water partition coefficient (Wildman–Crippen LogP) is 3.45. The molecular formula is C14H13NO. The van der Waals surface area contributed by atoms with Gasteiger partial charge in [-0.05, 0) is 30.7 Å². The molecule has 16 heavy (non-hydrogen) atoms. The summed E-state index contributed by atoms with van der Waals surface area (Å²) in [7, 11) is 0. The molecular weight excluding hydrogens is 198 g/mol. The van der Waals surface area contributed by atoms with Crippen LogP contribution in [0.25, 0.3) is 0 Å². The highest BCUT2D eigenvalue weighted by molar-refractivity contribution is 5.61.